The van der Waals surface area contributed by atoms with Crippen molar-refractivity contribution >= 4 is 23.5 Å². The molecule has 1 saturated carbocycles. The highest BCUT2D eigenvalue weighted by Gasteiger charge is 2.17. The monoisotopic (exact) mass is 398 g/mol. The van der Waals surface area contributed by atoms with Crippen LogP contribution < -0.4 is 10.6 Å². The molecule has 8 heteroatoms. The lowest BCUT2D eigenvalue weighted by Gasteiger charge is -2.22. The van der Waals surface area contributed by atoms with E-state index in [-0.39, 0.29) is 30.8 Å². The number of hydrogen-bond acceptors (Lipinski definition) is 4. The van der Waals surface area contributed by atoms with Crippen LogP contribution in [0.3, 0.4) is 0 Å². The van der Waals surface area contributed by atoms with E-state index in [1.54, 1.807) is 24.4 Å². The molecule has 8 nitrogen and oxygen atoms in total. The van der Waals surface area contributed by atoms with E-state index < -0.39 is 5.97 Å². The van der Waals surface area contributed by atoms with Gasteiger partial charge < -0.3 is 15.7 Å². The number of anilines is 1. The van der Waals surface area contributed by atoms with Gasteiger partial charge >= 0.3 is 5.97 Å². The van der Waals surface area contributed by atoms with Crippen LogP contribution in [-0.4, -0.2) is 38.7 Å². The van der Waals surface area contributed by atoms with Crippen LogP contribution in [0.1, 0.15) is 54.4 Å². The number of nitrogens with one attached hydrogen (secondary N) is 2. The minimum atomic E-state index is -0.862. The SMILES string of the molecule is O=C(O)CCc1cccc(NC(=O)c2cnn(CC(=O)NC3CCCCC3)c2)c1. The highest BCUT2D eigenvalue weighted by Crippen LogP contribution is 2.17. The Morgan fingerprint density at radius 1 is 1.17 bits per heavy atom. The molecule has 0 bridgehead atoms. The number of carbonyl (C=O) groups excluding carboxylic acids is 2. The van der Waals surface area contributed by atoms with Gasteiger partial charge in [-0.05, 0) is 37.0 Å². The van der Waals surface area contributed by atoms with E-state index in [1.807, 2.05) is 6.07 Å². The summed E-state index contributed by atoms with van der Waals surface area (Å²) < 4.78 is 1.45. The van der Waals surface area contributed by atoms with Crippen molar-refractivity contribution in [2.45, 2.75) is 57.5 Å². The van der Waals surface area contributed by atoms with E-state index in [0.29, 0.717) is 17.7 Å². The maximum atomic E-state index is 12.4. The van der Waals surface area contributed by atoms with Crippen molar-refractivity contribution in [1.82, 2.24) is 15.1 Å². The number of aliphatic carboxylic acids is 1. The van der Waals surface area contributed by atoms with Crippen molar-refractivity contribution in [3.05, 3.63) is 47.8 Å². The van der Waals surface area contributed by atoms with E-state index in [2.05, 4.69) is 15.7 Å². The molecule has 0 atom stereocenters. The fourth-order valence-corrected chi connectivity index (χ4v) is 3.49. The van der Waals surface area contributed by atoms with Gasteiger partial charge in [-0.25, -0.2) is 0 Å². The smallest absolute Gasteiger partial charge is 0.303 e. The molecule has 154 valence electrons. The first kappa shape index (κ1) is 20.6. The van der Waals surface area contributed by atoms with Gasteiger partial charge in [-0.3, -0.25) is 19.1 Å². The molecule has 1 aromatic carbocycles. The van der Waals surface area contributed by atoms with Gasteiger partial charge in [0.2, 0.25) is 5.91 Å². The summed E-state index contributed by atoms with van der Waals surface area (Å²) in [5, 5.41) is 18.7. The van der Waals surface area contributed by atoms with Gasteiger partial charge in [0.1, 0.15) is 6.54 Å². The summed E-state index contributed by atoms with van der Waals surface area (Å²) in [5.74, 6) is -1.29. The second-order valence-corrected chi connectivity index (χ2v) is 7.38. The average Bonchev–Trinajstić information content (AvgIpc) is 3.16. The number of aryl methyl sites for hydroxylation is 1. The fourth-order valence-electron chi connectivity index (χ4n) is 3.49. The van der Waals surface area contributed by atoms with E-state index in [4.69, 9.17) is 5.11 Å². The molecular weight excluding hydrogens is 372 g/mol. The lowest BCUT2D eigenvalue weighted by Crippen LogP contribution is -2.38. The Morgan fingerprint density at radius 3 is 2.72 bits per heavy atom. The number of carboxylic acid groups (broad SMARTS) is 1. The maximum absolute atomic E-state index is 12.4. The third-order valence-electron chi connectivity index (χ3n) is 4.98. The molecule has 1 fully saturated rings. The number of hydrogen-bond donors (Lipinski definition) is 3. The predicted octanol–water partition coefficient (Wildman–Crippen LogP) is 2.60. The quantitative estimate of drug-likeness (QED) is 0.633. The number of nitrogens with zero attached hydrogens (tertiary/aromatic N) is 2. The van der Waals surface area contributed by atoms with Crippen LogP contribution in [0.5, 0.6) is 0 Å². The maximum Gasteiger partial charge on any atom is 0.303 e. The summed E-state index contributed by atoms with van der Waals surface area (Å²) in [6, 6.07) is 7.32. The van der Waals surface area contributed by atoms with Crippen LogP contribution in [0.2, 0.25) is 0 Å². The zero-order chi connectivity index (χ0) is 20.6. The largest absolute Gasteiger partial charge is 0.481 e. The number of benzene rings is 1. The summed E-state index contributed by atoms with van der Waals surface area (Å²) in [4.78, 5) is 35.3. The van der Waals surface area contributed by atoms with Gasteiger partial charge in [0.15, 0.2) is 0 Å². The minimum Gasteiger partial charge on any atom is -0.481 e. The molecule has 29 heavy (non-hydrogen) atoms. The molecule has 1 heterocycles. The van der Waals surface area contributed by atoms with E-state index in [1.165, 1.54) is 17.3 Å². The van der Waals surface area contributed by atoms with E-state index in [9.17, 15) is 14.4 Å². The Morgan fingerprint density at radius 2 is 1.97 bits per heavy atom. The van der Waals surface area contributed by atoms with Gasteiger partial charge in [0.05, 0.1) is 11.8 Å². The van der Waals surface area contributed by atoms with Crippen LogP contribution in [0.15, 0.2) is 36.7 Å². The second kappa shape index (κ2) is 9.86. The molecule has 0 saturated heterocycles. The highest BCUT2D eigenvalue weighted by atomic mass is 16.4. The van der Waals surface area contributed by atoms with Gasteiger partial charge in [-0.1, -0.05) is 31.4 Å². The van der Waals surface area contributed by atoms with Crippen molar-refractivity contribution in [3.63, 3.8) is 0 Å². The van der Waals surface area contributed by atoms with Crippen molar-refractivity contribution in [1.29, 1.82) is 0 Å². The van der Waals surface area contributed by atoms with Gasteiger partial charge in [-0.2, -0.15) is 5.10 Å². The summed E-state index contributed by atoms with van der Waals surface area (Å²) in [6.45, 7) is 0.0778. The molecule has 3 rings (SSSR count). The predicted molar refractivity (Wildman–Crippen MR) is 108 cm³/mol. The Hall–Kier alpha value is -3.16. The molecule has 2 amide bonds. The van der Waals surface area contributed by atoms with Crippen molar-refractivity contribution in [2.24, 2.45) is 0 Å². The van der Waals surface area contributed by atoms with Gasteiger partial charge in [0.25, 0.3) is 5.91 Å². The lowest BCUT2D eigenvalue weighted by molar-refractivity contribution is -0.137. The fraction of sp³-hybridized carbons (Fsp3) is 0.429. The van der Waals surface area contributed by atoms with Crippen molar-refractivity contribution in [3.8, 4) is 0 Å². The Balaban J connectivity index is 1.53. The highest BCUT2D eigenvalue weighted by molar-refractivity contribution is 6.04. The first-order chi connectivity index (χ1) is 14.0. The standard InChI is InChI=1S/C21H26N4O4/c26-19(23-17-6-2-1-3-7-17)14-25-13-16(12-22-25)21(29)24-18-8-4-5-15(11-18)9-10-20(27)28/h4-5,8,11-13,17H,1-3,6-7,9-10,14H2,(H,23,26)(H,24,29)(H,27,28). The van der Waals surface area contributed by atoms with Crippen LogP contribution >= 0.6 is 0 Å². The molecule has 3 N–H and O–H groups in total. The van der Waals surface area contributed by atoms with Crippen LogP contribution in [-0.2, 0) is 22.6 Å². The molecule has 0 unspecified atom stereocenters. The Kier molecular flexibility index (Phi) is 6.99. The zero-order valence-corrected chi connectivity index (χ0v) is 16.3. The topological polar surface area (TPSA) is 113 Å². The van der Waals surface area contributed by atoms with Crippen LogP contribution in [0.4, 0.5) is 5.69 Å². The molecule has 1 aliphatic carbocycles. The van der Waals surface area contributed by atoms with E-state index >= 15 is 0 Å². The molecule has 0 spiro atoms. The number of carbonyl (C=O) groups is 3. The van der Waals surface area contributed by atoms with Crippen LogP contribution in [0, 0.1) is 0 Å². The van der Waals surface area contributed by atoms with Crippen LogP contribution in [0.25, 0.3) is 0 Å². The summed E-state index contributed by atoms with van der Waals surface area (Å²) >= 11 is 0. The number of carboxylic acids is 1. The molecule has 2 aromatic rings. The molecule has 1 aliphatic rings. The summed E-state index contributed by atoms with van der Waals surface area (Å²) in [5.41, 5.74) is 1.77. The molecule has 1 aromatic heterocycles. The third-order valence-corrected chi connectivity index (χ3v) is 4.98. The Bertz CT molecular complexity index is 871. The van der Waals surface area contributed by atoms with Gasteiger partial charge in [-0.15, -0.1) is 0 Å². The third kappa shape index (κ3) is 6.44. The number of amides is 2. The average molecular weight is 398 g/mol. The lowest BCUT2D eigenvalue weighted by atomic mass is 9.95. The molecule has 0 radical (unpaired) electrons. The van der Waals surface area contributed by atoms with E-state index in [0.717, 1.165) is 31.2 Å². The Labute approximate surface area is 169 Å². The summed E-state index contributed by atoms with van der Waals surface area (Å²) in [7, 11) is 0. The van der Waals surface area contributed by atoms with Crippen molar-refractivity contribution in [2.75, 3.05) is 5.32 Å². The van der Waals surface area contributed by atoms with Crippen molar-refractivity contribution < 1.29 is 19.5 Å². The van der Waals surface area contributed by atoms with Gasteiger partial charge in [0, 0.05) is 24.3 Å². The minimum absolute atomic E-state index is 0.0348. The summed E-state index contributed by atoms with van der Waals surface area (Å²) in [6.07, 6.45) is 8.96. The molecule has 0 aliphatic heterocycles. The zero-order valence-electron chi connectivity index (χ0n) is 16.3. The first-order valence-electron chi connectivity index (χ1n) is 9.93. The second-order valence-electron chi connectivity index (χ2n) is 7.38. The number of aromatic nitrogens is 2. The number of rotatable bonds is 8. The first-order valence-corrected chi connectivity index (χ1v) is 9.93. The normalized spacial score (nSPS) is 14.3. The molecular formula is C21H26N4O4.